The van der Waals surface area contributed by atoms with Crippen LogP contribution in [0.1, 0.15) is 33.6 Å². The Bertz CT molecular complexity index is 814. The molecule has 0 atom stereocenters. The van der Waals surface area contributed by atoms with Crippen LogP contribution in [0.2, 0.25) is 0 Å². The summed E-state index contributed by atoms with van der Waals surface area (Å²) >= 11 is 0. The second-order valence-corrected chi connectivity index (χ2v) is 6.51. The van der Waals surface area contributed by atoms with E-state index < -0.39 is 0 Å². The van der Waals surface area contributed by atoms with Gasteiger partial charge in [0.1, 0.15) is 0 Å². The Morgan fingerprint density at radius 1 is 0.536 bits per heavy atom. The summed E-state index contributed by atoms with van der Waals surface area (Å²) in [6.07, 6.45) is 0.900. The normalized spacial score (nSPS) is 10.3. The lowest BCUT2D eigenvalue weighted by atomic mass is 10.1. The Hall–Kier alpha value is -3.40. The molecule has 142 valence electrons. The molecule has 2 N–H and O–H groups in total. The van der Waals surface area contributed by atoms with Gasteiger partial charge in [-0.15, -0.1) is 0 Å². The van der Waals surface area contributed by atoms with Crippen LogP contribution < -0.4 is 10.6 Å². The van der Waals surface area contributed by atoms with Crippen molar-refractivity contribution in [3.05, 3.63) is 96.1 Å². The van der Waals surface area contributed by atoms with Crippen LogP contribution >= 0.6 is 0 Å². The van der Waals surface area contributed by atoms with Crippen LogP contribution in [0.15, 0.2) is 84.9 Å². The number of carbonyl (C=O) groups excluding carboxylic acids is 2. The van der Waals surface area contributed by atoms with Crippen molar-refractivity contribution >= 4 is 22.9 Å². The SMILES string of the molecule is O=C(CCNc1ccc(NCCC(=O)c2ccccc2)cc1)c1ccccc1. The van der Waals surface area contributed by atoms with Crippen LogP contribution in [0, 0.1) is 0 Å². The predicted octanol–water partition coefficient (Wildman–Crippen LogP) is 5.06. The summed E-state index contributed by atoms with van der Waals surface area (Å²) in [6, 6.07) is 26.5. The van der Waals surface area contributed by atoms with Gasteiger partial charge in [-0.05, 0) is 24.3 Å². The zero-order chi connectivity index (χ0) is 19.6. The highest BCUT2D eigenvalue weighted by atomic mass is 16.1. The monoisotopic (exact) mass is 372 g/mol. The molecule has 3 rings (SSSR count). The van der Waals surface area contributed by atoms with Gasteiger partial charge in [0.05, 0.1) is 0 Å². The molecule has 0 saturated carbocycles. The molecule has 0 aliphatic heterocycles. The molecule has 4 nitrogen and oxygen atoms in total. The number of hydrogen-bond acceptors (Lipinski definition) is 4. The average Bonchev–Trinajstić information content (AvgIpc) is 2.76. The predicted molar refractivity (Wildman–Crippen MR) is 114 cm³/mol. The van der Waals surface area contributed by atoms with E-state index in [0.717, 1.165) is 22.5 Å². The van der Waals surface area contributed by atoms with E-state index in [4.69, 9.17) is 0 Å². The molecule has 0 heterocycles. The Labute approximate surface area is 165 Å². The minimum Gasteiger partial charge on any atom is -0.385 e. The first-order chi connectivity index (χ1) is 13.7. The minimum absolute atomic E-state index is 0.134. The van der Waals surface area contributed by atoms with Crippen LogP contribution in [0.5, 0.6) is 0 Å². The van der Waals surface area contributed by atoms with E-state index in [-0.39, 0.29) is 11.6 Å². The molecular formula is C24H24N2O2. The third-order valence-corrected chi connectivity index (χ3v) is 4.44. The van der Waals surface area contributed by atoms with Crippen LogP contribution in [0.4, 0.5) is 11.4 Å². The molecule has 0 unspecified atom stereocenters. The van der Waals surface area contributed by atoms with Crippen LogP contribution in [0.25, 0.3) is 0 Å². The van der Waals surface area contributed by atoms with Crippen molar-refractivity contribution in [2.24, 2.45) is 0 Å². The number of hydrogen-bond donors (Lipinski definition) is 2. The molecule has 0 saturated heterocycles. The lowest BCUT2D eigenvalue weighted by Gasteiger charge is -2.09. The van der Waals surface area contributed by atoms with E-state index in [0.29, 0.717) is 25.9 Å². The number of benzene rings is 3. The molecule has 0 spiro atoms. The van der Waals surface area contributed by atoms with E-state index in [2.05, 4.69) is 10.6 Å². The Kier molecular flexibility index (Phi) is 6.96. The first-order valence-corrected chi connectivity index (χ1v) is 9.47. The second-order valence-electron chi connectivity index (χ2n) is 6.51. The fourth-order valence-electron chi connectivity index (χ4n) is 2.88. The van der Waals surface area contributed by atoms with E-state index >= 15 is 0 Å². The third-order valence-electron chi connectivity index (χ3n) is 4.44. The molecule has 0 bridgehead atoms. The van der Waals surface area contributed by atoms with E-state index in [1.165, 1.54) is 0 Å². The zero-order valence-electron chi connectivity index (χ0n) is 15.7. The number of rotatable bonds is 10. The van der Waals surface area contributed by atoms with Crippen LogP contribution in [0.3, 0.4) is 0 Å². The Balaban J connectivity index is 1.39. The Morgan fingerprint density at radius 2 is 0.893 bits per heavy atom. The number of ketones is 2. The van der Waals surface area contributed by atoms with Crippen LogP contribution in [-0.4, -0.2) is 24.7 Å². The molecule has 3 aromatic carbocycles. The third kappa shape index (κ3) is 5.81. The summed E-state index contributed by atoms with van der Waals surface area (Å²) in [6.45, 7) is 1.18. The summed E-state index contributed by atoms with van der Waals surface area (Å²) < 4.78 is 0. The fraction of sp³-hybridized carbons (Fsp3) is 0.167. The molecule has 0 fully saturated rings. The molecule has 0 radical (unpaired) electrons. The van der Waals surface area contributed by atoms with E-state index in [1.54, 1.807) is 0 Å². The number of Topliss-reactive ketones (excluding diaryl/α,β-unsaturated/α-hetero) is 2. The molecule has 0 amide bonds. The minimum atomic E-state index is 0.134. The average molecular weight is 372 g/mol. The van der Waals surface area contributed by atoms with Crippen molar-refractivity contribution in [3.63, 3.8) is 0 Å². The maximum atomic E-state index is 12.1. The highest BCUT2D eigenvalue weighted by molar-refractivity contribution is 5.96. The van der Waals surface area contributed by atoms with Crippen molar-refractivity contribution in [1.82, 2.24) is 0 Å². The fourth-order valence-corrected chi connectivity index (χ4v) is 2.88. The highest BCUT2D eigenvalue weighted by Crippen LogP contribution is 2.14. The molecular weight excluding hydrogens is 348 g/mol. The Morgan fingerprint density at radius 3 is 1.25 bits per heavy atom. The molecule has 3 aromatic rings. The van der Waals surface area contributed by atoms with Gasteiger partial charge in [-0.3, -0.25) is 9.59 Å². The molecule has 0 aliphatic rings. The molecule has 0 aromatic heterocycles. The van der Waals surface area contributed by atoms with Crippen molar-refractivity contribution in [2.75, 3.05) is 23.7 Å². The quantitative estimate of drug-likeness (QED) is 0.489. The van der Waals surface area contributed by atoms with Gasteiger partial charge in [0.2, 0.25) is 0 Å². The van der Waals surface area contributed by atoms with Gasteiger partial charge in [-0.2, -0.15) is 0 Å². The zero-order valence-corrected chi connectivity index (χ0v) is 15.7. The lowest BCUT2D eigenvalue weighted by molar-refractivity contribution is 0.0978. The first kappa shape index (κ1) is 19.4. The standard InChI is InChI=1S/C24H24N2O2/c27-23(19-7-3-1-4-8-19)15-17-25-21-11-13-22(14-12-21)26-18-16-24(28)20-9-5-2-6-10-20/h1-14,25-26H,15-18H2. The van der Waals surface area contributed by atoms with Gasteiger partial charge in [0.25, 0.3) is 0 Å². The summed E-state index contributed by atoms with van der Waals surface area (Å²) in [4.78, 5) is 24.2. The molecule has 0 aliphatic carbocycles. The summed E-state index contributed by atoms with van der Waals surface area (Å²) in [5.41, 5.74) is 3.42. The second kappa shape index (κ2) is 10.1. The topological polar surface area (TPSA) is 58.2 Å². The summed E-state index contributed by atoms with van der Waals surface area (Å²) in [5.74, 6) is 0.268. The molecule has 28 heavy (non-hydrogen) atoms. The van der Waals surface area contributed by atoms with Crippen molar-refractivity contribution < 1.29 is 9.59 Å². The van der Waals surface area contributed by atoms with E-state index in [9.17, 15) is 9.59 Å². The highest BCUT2D eigenvalue weighted by Gasteiger charge is 2.05. The van der Waals surface area contributed by atoms with Gasteiger partial charge < -0.3 is 10.6 Å². The maximum absolute atomic E-state index is 12.1. The van der Waals surface area contributed by atoms with Gasteiger partial charge in [0, 0.05) is 48.4 Å². The number of anilines is 2. The van der Waals surface area contributed by atoms with Gasteiger partial charge in [-0.1, -0.05) is 60.7 Å². The summed E-state index contributed by atoms with van der Waals surface area (Å²) in [7, 11) is 0. The van der Waals surface area contributed by atoms with Crippen molar-refractivity contribution in [1.29, 1.82) is 0 Å². The summed E-state index contributed by atoms with van der Waals surface area (Å²) in [5, 5.41) is 6.53. The van der Waals surface area contributed by atoms with Gasteiger partial charge in [-0.25, -0.2) is 0 Å². The number of nitrogens with one attached hydrogen (secondary N) is 2. The largest absolute Gasteiger partial charge is 0.385 e. The maximum Gasteiger partial charge on any atom is 0.164 e. The smallest absolute Gasteiger partial charge is 0.164 e. The first-order valence-electron chi connectivity index (χ1n) is 9.47. The van der Waals surface area contributed by atoms with Crippen molar-refractivity contribution in [3.8, 4) is 0 Å². The lowest BCUT2D eigenvalue weighted by Crippen LogP contribution is -2.10. The van der Waals surface area contributed by atoms with Gasteiger partial charge >= 0.3 is 0 Å². The van der Waals surface area contributed by atoms with Crippen molar-refractivity contribution in [2.45, 2.75) is 12.8 Å². The number of carbonyl (C=O) groups is 2. The molecule has 4 heteroatoms. The van der Waals surface area contributed by atoms with Crippen LogP contribution in [-0.2, 0) is 0 Å². The van der Waals surface area contributed by atoms with Gasteiger partial charge in [0.15, 0.2) is 11.6 Å². The van der Waals surface area contributed by atoms with E-state index in [1.807, 2.05) is 84.9 Å².